The molecule has 0 bridgehead atoms. The van der Waals surface area contributed by atoms with Crippen LogP contribution in [0.15, 0.2) is 36.7 Å². The van der Waals surface area contributed by atoms with E-state index >= 15 is 0 Å². The van der Waals surface area contributed by atoms with Crippen LogP contribution in [0.2, 0.25) is 0 Å². The average molecular weight is 933 g/mol. The van der Waals surface area contributed by atoms with Crippen LogP contribution in [0.5, 0.6) is 5.75 Å². The first-order chi connectivity index (χ1) is 30.9. The predicted molar refractivity (Wildman–Crippen MR) is 252 cm³/mol. The average Bonchev–Trinajstić information content (AvgIpc) is 3.26. The Morgan fingerprint density at radius 1 is 0.955 bits per heavy atom. The highest BCUT2D eigenvalue weighted by Gasteiger charge is 2.58. The number of nitrogens with one attached hydrogen (secondary N) is 2. The number of rotatable bonds is 13. The van der Waals surface area contributed by atoms with E-state index in [1.165, 1.54) is 6.92 Å². The third kappa shape index (κ3) is 12.0. The molecular formula is C50H84N4O12. The number of hydrogen-bond donors (Lipinski definition) is 6. The molecular weight excluding hydrogens is 849 g/mol. The van der Waals surface area contributed by atoms with Gasteiger partial charge in [0.05, 0.1) is 42.0 Å². The van der Waals surface area contributed by atoms with Crippen molar-refractivity contribution in [2.75, 3.05) is 40.8 Å². The van der Waals surface area contributed by atoms with Gasteiger partial charge in [0.2, 0.25) is 0 Å². The van der Waals surface area contributed by atoms with Crippen LogP contribution in [-0.2, 0) is 33.2 Å². The summed E-state index contributed by atoms with van der Waals surface area (Å²) in [5, 5.41) is 57.2. The lowest BCUT2D eigenvalue weighted by Crippen LogP contribution is -2.70. The van der Waals surface area contributed by atoms with Crippen molar-refractivity contribution in [3.05, 3.63) is 36.7 Å². The summed E-state index contributed by atoms with van der Waals surface area (Å²) in [7, 11) is 5.54. The molecule has 376 valence electrons. The second-order valence-electron chi connectivity index (χ2n) is 20.7. The molecule has 0 amide bonds. The van der Waals surface area contributed by atoms with Crippen LogP contribution in [0, 0.1) is 17.8 Å². The molecule has 3 aliphatic rings. The van der Waals surface area contributed by atoms with E-state index in [0.29, 0.717) is 25.3 Å². The number of esters is 1. The fraction of sp³-hybridized carbons (Fsp3) is 0.800. The van der Waals surface area contributed by atoms with Gasteiger partial charge in [0.1, 0.15) is 34.8 Å². The Morgan fingerprint density at radius 2 is 1.67 bits per heavy atom. The molecule has 3 fully saturated rings. The van der Waals surface area contributed by atoms with E-state index in [0.717, 1.165) is 17.2 Å². The number of likely N-dealkylation sites (N-methyl/N-ethyl adjacent to an activating group) is 1. The Labute approximate surface area is 393 Å². The highest BCUT2D eigenvalue weighted by Crippen LogP contribution is 2.43. The number of fused-ring (bicyclic) bond motifs is 1. The SMILES string of the molecule is CCCNC[C@]1(O)[C@H](C)O[C@@H](O[C@H]2[C@H](C)[C@@H](O[C@@H]3O[C@H](C)C[C@H](N(C)C)[C@H]3Oc3ccc4ccncc4c3)[C@](C)(O)C[C@@H](C)CN[C@H](C)[C@@H](O)[C@](C)(O)[C@@H](CC)OC(=O)[C@@H]2C)C[C@@]1(C)OC. The largest absolute Gasteiger partial charge is 0.483 e. The molecule has 0 aliphatic carbocycles. The third-order valence-corrected chi connectivity index (χ3v) is 14.9. The van der Waals surface area contributed by atoms with Crippen molar-refractivity contribution < 1.29 is 58.4 Å². The highest BCUT2D eigenvalue weighted by atomic mass is 16.7. The van der Waals surface area contributed by atoms with Gasteiger partial charge < -0.3 is 69.1 Å². The van der Waals surface area contributed by atoms with Crippen LogP contribution in [0.4, 0.5) is 0 Å². The molecule has 1 aromatic heterocycles. The van der Waals surface area contributed by atoms with Crippen molar-refractivity contribution in [2.45, 2.75) is 198 Å². The van der Waals surface area contributed by atoms with Crippen molar-refractivity contribution in [3.63, 3.8) is 0 Å². The summed E-state index contributed by atoms with van der Waals surface area (Å²) in [5.74, 6) is -2.08. The second kappa shape index (κ2) is 22.4. The first-order valence-electron chi connectivity index (χ1n) is 24.3. The zero-order chi connectivity index (χ0) is 48.9. The number of carbonyl (C=O) groups is 1. The van der Waals surface area contributed by atoms with E-state index in [2.05, 4.69) is 20.5 Å². The van der Waals surface area contributed by atoms with E-state index in [-0.39, 0.29) is 43.9 Å². The summed E-state index contributed by atoms with van der Waals surface area (Å²) < 4.78 is 46.6. The smallest absolute Gasteiger partial charge is 0.311 e. The maximum Gasteiger partial charge on any atom is 0.311 e. The quantitative estimate of drug-likeness (QED) is 0.120. The first kappa shape index (κ1) is 54.4. The fourth-order valence-corrected chi connectivity index (χ4v) is 10.6. The van der Waals surface area contributed by atoms with Crippen LogP contribution < -0.4 is 15.4 Å². The molecule has 6 N–H and O–H groups in total. The molecule has 66 heavy (non-hydrogen) atoms. The van der Waals surface area contributed by atoms with Crippen molar-refractivity contribution in [2.24, 2.45) is 17.8 Å². The predicted octanol–water partition coefficient (Wildman–Crippen LogP) is 4.56. The molecule has 2 aromatic rings. The number of carbonyl (C=O) groups excluding carboxylic acids is 1. The Kier molecular flexibility index (Phi) is 18.5. The van der Waals surface area contributed by atoms with Gasteiger partial charge >= 0.3 is 5.97 Å². The molecule has 1 aromatic carbocycles. The lowest BCUT2D eigenvalue weighted by molar-refractivity contribution is -0.335. The van der Waals surface area contributed by atoms with Crippen molar-refractivity contribution in [1.29, 1.82) is 0 Å². The Morgan fingerprint density at radius 3 is 2.32 bits per heavy atom. The van der Waals surface area contributed by atoms with Crippen molar-refractivity contribution in [1.82, 2.24) is 20.5 Å². The Bertz CT molecular complexity index is 1860. The van der Waals surface area contributed by atoms with Crippen molar-refractivity contribution >= 4 is 16.7 Å². The van der Waals surface area contributed by atoms with E-state index in [9.17, 15) is 25.2 Å². The van der Waals surface area contributed by atoms with Gasteiger partial charge in [-0.1, -0.05) is 33.8 Å². The first-order valence-corrected chi connectivity index (χ1v) is 24.3. The molecule has 0 saturated carbocycles. The molecule has 0 radical (unpaired) electrons. The number of pyridine rings is 1. The molecule has 0 unspecified atom stereocenters. The molecule has 18 atom stereocenters. The number of nitrogens with zero attached hydrogens (tertiary/aromatic N) is 2. The normalized spacial score (nSPS) is 42.4. The summed E-state index contributed by atoms with van der Waals surface area (Å²) >= 11 is 0. The fourth-order valence-electron chi connectivity index (χ4n) is 10.6. The molecule has 5 rings (SSSR count). The summed E-state index contributed by atoms with van der Waals surface area (Å²) in [5.41, 5.74) is -6.01. The topological polar surface area (TPSA) is 203 Å². The maximum absolute atomic E-state index is 14.6. The monoisotopic (exact) mass is 933 g/mol. The van der Waals surface area contributed by atoms with Crippen LogP contribution in [0.3, 0.4) is 0 Å². The van der Waals surface area contributed by atoms with Crippen LogP contribution in [0.25, 0.3) is 10.8 Å². The number of hydrogen-bond acceptors (Lipinski definition) is 16. The molecule has 0 spiro atoms. The van der Waals surface area contributed by atoms with Gasteiger partial charge in [-0.15, -0.1) is 0 Å². The summed E-state index contributed by atoms with van der Waals surface area (Å²) in [6.07, 6.45) is -2.65. The van der Waals surface area contributed by atoms with E-state index in [1.807, 2.05) is 73.0 Å². The van der Waals surface area contributed by atoms with Crippen LogP contribution >= 0.6 is 0 Å². The Hall–Kier alpha value is -2.58. The minimum absolute atomic E-state index is 0.0923. The van der Waals surface area contributed by atoms with Gasteiger partial charge in [0, 0.05) is 49.8 Å². The van der Waals surface area contributed by atoms with Gasteiger partial charge in [-0.3, -0.25) is 9.78 Å². The third-order valence-electron chi connectivity index (χ3n) is 14.9. The number of cyclic esters (lactones) is 1. The number of benzene rings is 1. The molecule has 3 aliphatic heterocycles. The van der Waals surface area contributed by atoms with Gasteiger partial charge in [-0.2, -0.15) is 0 Å². The standard InChI is InChI=1S/C50H84N4O12/c1-15-20-52-28-50(59)34(8)62-40(25-48(50,10)60-14)65-41-31(5)44(47(9,57)24-29(3)26-53-33(7)43(55)49(11,58)39(16-2)64-45(56)32(41)6)66-46-42(38(54(12)13)22-30(4)61-46)63-37-18-17-35-19-21-51-27-36(35)23-37/h17-19,21,23,27,29-34,38-44,46,52-53,55,57-59H,15-16,20,22,24-26,28H2,1-14H3/t29-,30-,31+,32-,33-,34+,38+,39-,40+,41+,42-,43-,44-,46+,47-,48-,49-,50+/m1/s1. The lowest BCUT2D eigenvalue weighted by Gasteiger charge is -2.53. The second-order valence-corrected chi connectivity index (χ2v) is 20.7. The van der Waals surface area contributed by atoms with Gasteiger partial charge in [0.25, 0.3) is 0 Å². The van der Waals surface area contributed by atoms with Crippen LogP contribution in [0.1, 0.15) is 108 Å². The van der Waals surface area contributed by atoms with Gasteiger partial charge in [0.15, 0.2) is 18.7 Å². The van der Waals surface area contributed by atoms with Crippen molar-refractivity contribution in [3.8, 4) is 5.75 Å². The maximum atomic E-state index is 14.6. The van der Waals surface area contributed by atoms with Crippen LogP contribution in [-0.4, -0.2) is 167 Å². The number of aliphatic hydroxyl groups excluding tert-OH is 1. The Balaban J connectivity index is 1.61. The lowest BCUT2D eigenvalue weighted by atomic mass is 9.75. The number of methoxy groups -OCH3 is 1. The zero-order valence-corrected chi connectivity index (χ0v) is 42.2. The number of ether oxygens (including phenoxy) is 7. The number of aromatic nitrogens is 1. The molecule has 4 heterocycles. The summed E-state index contributed by atoms with van der Waals surface area (Å²) in [4.78, 5) is 21.0. The van der Waals surface area contributed by atoms with Gasteiger partial charge in [-0.05, 0) is 131 Å². The zero-order valence-electron chi connectivity index (χ0n) is 42.2. The summed E-state index contributed by atoms with van der Waals surface area (Å²) in [6.45, 7) is 21.2. The minimum Gasteiger partial charge on any atom is -0.483 e. The summed E-state index contributed by atoms with van der Waals surface area (Å²) in [6, 6.07) is 7.00. The van der Waals surface area contributed by atoms with E-state index in [4.69, 9.17) is 33.2 Å². The molecule has 16 heteroatoms. The highest BCUT2D eigenvalue weighted by molar-refractivity contribution is 5.82. The van der Waals surface area contributed by atoms with E-state index < -0.39 is 95.5 Å². The van der Waals surface area contributed by atoms with Gasteiger partial charge in [-0.25, -0.2) is 0 Å². The minimum atomic E-state index is -1.83. The van der Waals surface area contributed by atoms with E-state index in [1.54, 1.807) is 54.1 Å². The molecule has 16 nitrogen and oxygen atoms in total. The number of aliphatic hydroxyl groups is 4. The molecule has 3 saturated heterocycles.